The summed E-state index contributed by atoms with van der Waals surface area (Å²) in [6.07, 6.45) is 5.71. The van der Waals surface area contributed by atoms with E-state index in [4.69, 9.17) is 0 Å². The highest BCUT2D eigenvalue weighted by molar-refractivity contribution is 9.10. The number of benzene rings is 1. The fourth-order valence-corrected chi connectivity index (χ4v) is 4.56. The molecule has 2 aliphatic carbocycles. The van der Waals surface area contributed by atoms with Gasteiger partial charge in [-0.1, -0.05) is 22.4 Å². The Bertz CT molecular complexity index is 442. The van der Waals surface area contributed by atoms with Gasteiger partial charge in [-0.2, -0.15) is 0 Å². The molecule has 4 atom stereocenters. The fourth-order valence-electron chi connectivity index (χ4n) is 4.05. The van der Waals surface area contributed by atoms with Gasteiger partial charge in [-0.25, -0.2) is 4.39 Å². The minimum absolute atomic E-state index is 0.168. The molecule has 1 aromatic carbocycles. The molecule has 1 N–H and O–H groups in total. The number of hydrogen-bond donors (Lipinski definition) is 1. The maximum absolute atomic E-state index is 13.3. The molecule has 2 fully saturated rings. The van der Waals surface area contributed by atoms with Crippen LogP contribution >= 0.6 is 15.9 Å². The Morgan fingerprint density at radius 3 is 2.79 bits per heavy atom. The van der Waals surface area contributed by atoms with Crippen molar-refractivity contribution in [3.63, 3.8) is 0 Å². The van der Waals surface area contributed by atoms with Crippen molar-refractivity contribution in [1.82, 2.24) is 5.32 Å². The van der Waals surface area contributed by atoms with E-state index >= 15 is 0 Å². The molecule has 0 radical (unpaired) electrons. The van der Waals surface area contributed by atoms with Gasteiger partial charge < -0.3 is 5.32 Å². The lowest BCUT2D eigenvalue weighted by atomic mass is 9.84. The van der Waals surface area contributed by atoms with Gasteiger partial charge in [0, 0.05) is 17.1 Å². The zero-order valence-electron chi connectivity index (χ0n) is 11.3. The van der Waals surface area contributed by atoms with Gasteiger partial charge in [0.15, 0.2) is 0 Å². The van der Waals surface area contributed by atoms with Crippen molar-refractivity contribution in [2.24, 2.45) is 17.8 Å². The highest BCUT2D eigenvalue weighted by atomic mass is 79.9. The van der Waals surface area contributed by atoms with Gasteiger partial charge in [0.25, 0.3) is 0 Å². The van der Waals surface area contributed by atoms with Crippen LogP contribution in [-0.2, 0) is 6.54 Å². The predicted molar refractivity (Wildman–Crippen MR) is 79.3 cm³/mol. The Balaban J connectivity index is 1.57. The Morgan fingerprint density at radius 2 is 2.16 bits per heavy atom. The molecule has 2 saturated carbocycles. The average molecular weight is 326 g/mol. The van der Waals surface area contributed by atoms with E-state index in [-0.39, 0.29) is 5.82 Å². The number of fused-ring (bicyclic) bond motifs is 2. The van der Waals surface area contributed by atoms with Crippen LogP contribution in [0.5, 0.6) is 0 Å². The molecule has 104 valence electrons. The van der Waals surface area contributed by atoms with Crippen molar-refractivity contribution in [3.8, 4) is 0 Å². The van der Waals surface area contributed by atoms with Crippen LogP contribution < -0.4 is 5.32 Å². The molecule has 0 aliphatic heterocycles. The van der Waals surface area contributed by atoms with Crippen LogP contribution in [0.3, 0.4) is 0 Å². The Hall–Kier alpha value is -0.410. The summed E-state index contributed by atoms with van der Waals surface area (Å²) in [5.41, 5.74) is 1.02. The van der Waals surface area contributed by atoms with E-state index in [9.17, 15) is 4.39 Å². The molecule has 2 aliphatic rings. The first-order chi connectivity index (χ1) is 9.11. The first-order valence-electron chi connectivity index (χ1n) is 7.30. The number of hydrogen-bond acceptors (Lipinski definition) is 1. The molecule has 2 bridgehead atoms. The van der Waals surface area contributed by atoms with Gasteiger partial charge in [0.1, 0.15) is 5.82 Å². The fraction of sp³-hybridized carbons (Fsp3) is 0.625. The van der Waals surface area contributed by atoms with Crippen LogP contribution in [0.2, 0.25) is 0 Å². The Kier molecular flexibility index (Phi) is 3.95. The monoisotopic (exact) mass is 325 g/mol. The molecule has 0 spiro atoms. The Morgan fingerprint density at radius 1 is 1.32 bits per heavy atom. The molecule has 1 nitrogen and oxygen atoms in total. The lowest BCUT2D eigenvalue weighted by Crippen LogP contribution is -2.35. The second kappa shape index (κ2) is 5.53. The molecule has 0 aromatic heterocycles. The molecule has 4 unspecified atom stereocenters. The van der Waals surface area contributed by atoms with Gasteiger partial charge >= 0.3 is 0 Å². The van der Waals surface area contributed by atoms with Crippen molar-refractivity contribution >= 4 is 15.9 Å². The normalized spacial score (nSPS) is 30.8. The summed E-state index contributed by atoms with van der Waals surface area (Å²) >= 11 is 3.35. The van der Waals surface area contributed by atoms with Gasteiger partial charge in [-0.3, -0.25) is 0 Å². The second-order valence-corrected chi connectivity index (χ2v) is 7.20. The molecule has 1 aromatic rings. The largest absolute Gasteiger partial charge is 0.310 e. The van der Waals surface area contributed by atoms with E-state index < -0.39 is 0 Å². The quantitative estimate of drug-likeness (QED) is 0.859. The summed E-state index contributed by atoms with van der Waals surface area (Å²) in [4.78, 5) is 0. The summed E-state index contributed by atoms with van der Waals surface area (Å²) in [6, 6.07) is 5.65. The lowest BCUT2D eigenvalue weighted by molar-refractivity contribution is 0.259. The van der Waals surface area contributed by atoms with Crippen LogP contribution in [0.1, 0.15) is 38.2 Å². The minimum atomic E-state index is -0.168. The van der Waals surface area contributed by atoms with Crippen LogP contribution in [0.25, 0.3) is 0 Å². The SMILES string of the molecule is CC(NCc1cc(F)cc(Br)c1)C1CC2CCC1C2. The third-order valence-electron chi connectivity index (χ3n) is 4.99. The van der Waals surface area contributed by atoms with Gasteiger partial charge in [-0.15, -0.1) is 0 Å². The van der Waals surface area contributed by atoms with Crippen LogP contribution in [0.15, 0.2) is 22.7 Å². The molecule has 0 saturated heterocycles. The summed E-state index contributed by atoms with van der Waals surface area (Å²) in [7, 11) is 0. The highest BCUT2D eigenvalue weighted by Crippen LogP contribution is 2.49. The van der Waals surface area contributed by atoms with Gasteiger partial charge in [0.05, 0.1) is 0 Å². The summed E-state index contributed by atoms with van der Waals surface area (Å²) in [5.74, 6) is 2.59. The van der Waals surface area contributed by atoms with Crippen molar-refractivity contribution in [1.29, 1.82) is 0 Å². The standard InChI is InChI=1S/C16H21BrFN/c1-10(16-7-11-2-3-13(16)4-11)19-9-12-5-14(17)8-15(18)6-12/h5-6,8,10-11,13,16,19H,2-4,7,9H2,1H3. The van der Waals surface area contributed by atoms with Crippen molar-refractivity contribution < 1.29 is 4.39 Å². The first-order valence-corrected chi connectivity index (χ1v) is 8.09. The molecular formula is C16H21BrFN. The van der Waals surface area contributed by atoms with Crippen LogP contribution in [-0.4, -0.2) is 6.04 Å². The van der Waals surface area contributed by atoms with Crippen LogP contribution in [0, 0.1) is 23.6 Å². The number of nitrogens with one attached hydrogen (secondary N) is 1. The Labute approximate surface area is 123 Å². The third-order valence-corrected chi connectivity index (χ3v) is 5.44. The third kappa shape index (κ3) is 3.03. The summed E-state index contributed by atoms with van der Waals surface area (Å²) in [6.45, 7) is 3.05. The lowest BCUT2D eigenvalue weighted by Gasteiger charge is -2.28. The van der Waals surface area contributed by atoms with E-state index in [2.05, 4.69) is 28.2 Å². The zero-order chi connectivity index (χ0) is 13.4. The van der Waals surface area contributed by atoms with E-state index in [0.29, 0.717) is 6.04 Å². The zero-order valence-corrected chi connectivity index (χ0v) is 12.9. The molecule has 3 rings (SSSR count). The van der Waals surface area contributed by atoms with E-state index in [0.717, 1.165) is 34.3 Å². The predicted octanol–water partition coefficient (Wildman–Crippen LogP) is 4.50. The molecule has 0 amide bonds. The second-order valence-electron chi connectivity index (χ2n) is 6.29. The van der Waals surface area contributed by atoms with E-state index in [1.165, 1.54) is 31.7 Å². The van der Waals surface area contributed by atoms with Crippen molar-refractivity contribution in [2.75, 3.05) is 0 Å². The highest BCUT2D eigenvalue weighted by Gasteiger charge is 2.41. The van der Waals surface area contributed by atoms with Crippen molar-refractivity contribution in [3.05, 3.63) is 34.1 Å². The maximum atomic E-state index is 13.3. The summed E-state index contributed by atoms with van der Waals surface area (Å²) < 4.78 is 14.1. The van der Waals surface area contributed by atoms with Gasteiger partial charge in [-0.05, 0) is 67.7 Å². The van der Waals surface area contributed by atoms with E-state index in [1.807, 2.05) is 6.07 Å². The number of halogens is 2. The topological polar surface area (TPSA) is 12.0 Å². The summed E-state index contributed by atoms with van der Waals surface area (Å²) in [5, 5.41) is 3.59. The first kappa shape index (κ1) is 13.6. The minimum Gasteiger partial charge on any atom is -0.310 e. The van der Waals surface area contributed by atoms with Crippen molar-refractivity contribution in [2.45, 2.75) is 45.2 Å². The molecule has 3 heteroatoms. The molecule has 19 heavy (non-hydrogen) atoms. The number of rotatable bonds is 4. The maximum Gasteiger partial charge on any atom is 0.124 e. The van der Waals surface area contributed by atoms with E-state index in [1.54, 1.807) is 6.07 Å². The molecular weight excluding hydrogens is 305 g/mol. The van der Waals surface area contributed by atoms with Crippen LogP contribution in [0.4, 0.5) is 4.39 Å². The van der Waals surface area contributed by atoms with Gasteiger partial charge in [0.2, 0.25) is 0 Å². The molecule has 0 heterocycles. The average Bonchev–Trinajstić information content (AvgIpc) is 2.97. The smallest absolute Gasteiger partial charge is 0.124 e.